The van der Waals surface area contributed by atoms with Crippen LogP contribution in [0.1, 0.15) is 16.8 Å². The Morgan fingerprint density at radius 1 is 0.903 bits per heavy atom. The van der Waals surface area contributed by atoms with Crippen molar-refractivity contribution in [2.45, 2.75) is 6.42 Å². The van der Waals surface area contributed by atoms with E-state index in [2.05, 4.69) is 28.1 Å². The molecule has 1 heterocycles. The molecule has 4 aliphatic carbocycles. The Morgan fingerprint density at radius 3 is 2.06 bits per heavy atom. The SMILES string of the molecule is O=C(COc1ccc(N2C(=O)[C@@H]3[C@H]4C=C[C@@H]([C@@H]5C[C@H]45)[C@H]3C2=O)cc1)c1ccc(Br)cc1. The average Bonchev–Trinajstić information content (AvgIpc) is 3.56. The van der Waals surface area contributed by atoms with Gasteiger partial charge in [0.25, 0.3) is 0 Å². The van der Waals surface area contributed by atoms with Crippen molar-refractivity contribution < 1.29 is 19.1 Å². The topological polar surface area (TPSA) is 63.7 Å². The van der Waals surface area contributed by atoms with E-state index in [-0.39, 0.29) is 47.9 Å². The van der Waals surface area contributed by atoms with Crippen LogP contribution in [0.2, 0.25) is 0 Å². The number of carbonyl (C=O) groups is 3. The van der Waals surface area contributed by atoms with E-state index >= 15 is 0 Å². The van der Waals surface area contributed by atoms with Gasteiger partial charge in [0, 0.05) is 10.0 Å². The van der Waals surface area contributed by atoms with E-state index in [1.165, 1.54) is 4.90 Å². The van der Waals surface area contributed by atoms with E-state index in [1.54, 1.807) is 36.4 Å². The first-order valence-corrected chi connectivity index (χ1v) is 11.4. The van der Waals surface area contributed by atoms with Crippen molar-refractivity contribution >= 4 is 39.2 Å². The van der Waals surface area contributed by atoms with E-state index in [1.807, 2.05) is 12.1 Å². The molecule has 0 radical (unpaired) electrons. The number of allylic oxidation sites excluding steroid dienone is 2. The number of hydrogen-bond donors (Lipinski definition) is 0. The molecule has 7 rings (SSSR count). The maximum atomic E-state index is 13.2. The Balaban J connectivity index is 1.16. The highest BCUT2D eigenvalue weighted by molar-refractivity contribution is 9.10. The molecular weight excluding hydrogens is 458 g/mol. The van der Waals surface area contributed by atoms with Crippen molar-refractivity contribution in [3.63, 3.8) is 0 Å². The Labute approximate surface area is 188 Å². The van der Waals surface area contributed by atoms with Crippen LogP contribution < -0.4 is 9.64 Å². The molecule has 1 aliphatic heterocycles. The van der Waals surface area contributed by atoms with Gasteiger partial charge in [-0.15, -0.1) is 0 Å². The van der Waals surface area contributed by atoms with Gasteiger partial charge in [-0.1, -0.05) is 40.2 Å². The van der Waals surface area contributed by atoms with Gasteiger partial charge in [-0.05, 0) is 66.5 Å². The lowest BCUT2D eigenvalue weighted by Gasteiger charge is -2.37. The highest BCUT2D eigenvalue weighted by atomic mass is 79.9. The van der Waals surface area contributed by atoms with E-state index in [9.17, 15) is 14.4 Å². The van der Waals surface area contributed by atoms with Crippen molar-refractivity contribution in [1.29, 1.82) is 0 Å². The quantitative estimate of drug-likeness (QED) is 0.366. The Bertz CT molecular complexity index is 1090. The Hall–Kier alpha value is -2.73. The van der Waals surface area contributed by atoms with Crippen molar-refractivity contribution in [1.82, 2.24) is 0 Å². The number of carbonyl (C=O) groups excluding carboxylic acids is 3. The molecule has 0 unspecified atom stereocenters. The summed E-state index contributed by atoms with van der Waals surface area (Å²) in [5.74, 6) is 1.47. The van der Waals surface area contributed by atoms with Crippen molar-refractivity contribution in [2.75, 3.05) is 11.5 Å². The van der Waals surface area contributed by atoms with Crippen LogP contribution in [0, 0.1) is 35.5 Å². The van der Waals surface area contributed by atoms with Crippen LogP contribution in [0.5, 0.6) is 5.75 Å². The fourth-order valence-electron chi connectivity index (χ4n) is 5.77. The van der Waals surface area contributed by atoms with Crippen molar-refractivity contribution in [3.8, 4) is 5.75 Å². The number of rotatable bonds is 5. The molecule has 6 atom stereocenters. The molecular formula is C25H20BrNO4. The molecule has 6 heteroatoms. The third kappa shape index (κ3) is 2.92. The second kappa shape index (κ2) is 6.89. The summed E-state index contributed by atoms with van der Waals surface area (Å²) in [5.41, 5.74) is 1.15. The highest BCUT2D eigenvalue weighted by Crippen LogP contribution is 2.65. The van der Waals surface area contributed by atoms with Crippen molar-refractivity contribution in [3.05, 3.63) is 70.7 Å². The minimum absolute atomic E-state index is 0.0706. The number of imide groups is 1. The highest BCUT2D eigenvalue weighted by Gasteiger charge is 2.67. The summed E-state index contributed by atoms with van der Waals surface area (Å²) >= 11 is 3.35. The molecule has 2 bridgehead atoms. The first-order valence-electron chi connectivity index (χ1n) is 10.6. The number of hydrogen-bond acceptors (Lipinski definition) is 4. The zero-order valence-corrected chi connectivity index (χ0v) is 18.2. The predicted octanol–water partition coefficient (Wildman–Crippen LogP) is 4.27. The molecule has 31 heavy (non-hydrogen) atoms. The second-order valence-corrected chi connectivity index (χ2v) is 9.79. The van der Waals surface area contributed by atoms with E-state index < -0.39 is 0 Å². The zero-order valence-electron chi connectivity index (χ0n) is 16.6. The standard InChI is InChI=1S/C25H20BrNO4/c26-14-3-1-13(2-4-14)21(28)12-31-16-7-5-15(6-8-16)27-24(29)22-17-9-10-18(20-11-19(17)20)23(22)25(27)30/h1-10,17-20,22-23H,11-12H2/t17-,18-,19-,20+,22+,23+/m0/s1. The van der Waals surface area contributed by atoms with E-state index in [4.69, 9.17) is 4.74 Å². The lowest BCUT2D eigenvalue weighted by molar-refractivity contribution is -0.124. The lowest BCUT2D eigenvalue weighted by atomic mass is 9.63. The lowest BCUT2D eigenvalue weighted by Crippen LogP contribution is -2.40. The number of amides is 2. The number of ether oxygens (including phenoxy) is 1. The smallest absolute Gasteiger partial charge is 0.238 e. The first kappa shape index (κ1) is 19.0. The summed E-state index contributed by atoms with van der Waals surface area (Å²) in [6.45, 7) is -0.0789. The van der Waals surface area contributed by atoms with E-state index in [0.717, 1.165) is 10.9 Å². The number of benzene rings is 2. The van der Waals surface area contributed by atoms with Crippen LogP contribution in [-0.2, 0) is 9.59 Å². The minimum atomic E-state index is -0.203. The molecule has 2 aromatic rings. The minimum Gasteiger partial charge on any atom is -0.485 e. The van der Waals surface area contributed by atoms with Gasteiger partial charge < -0.3 is 4.74 Å². The number of ketones is 1. The van der Waals surface area contributed by atoms with Crippen LogP contribution in [0.25, 0.3) is 0 Å². The van der Waals surface area contributed by atoms with Gasteiger partial charge in [0.1, 0.15) is 5.75 Å². The molecule has 2 saturated carbocycles. The van der Waals surface area contributed by atoms with Gasteiger partial charge >= 0.3 is 0 Å². The molecule has 0 spiro atoms. The predicted molar refractivity (Wildman–Crippen MR) is 118 cm³/mol. The van der Waals surface area contributed by atoms with Crippen LogP contribution in [0.4, 0.5) is 5.69 Å². The fourth-order valence-corrected chi connectivity index (χ4v) is 6.04. The van der Waals surface area contributed by atoms with Crippen LogP contribution in [-0.4, -0.2) is 24.2 Å². The van der Waals surface area contributed by atoms with Crippen LogP contribution in [0.3, 0.4) is 0 Å². The first-order chi connectivity index (χ1) is 15.0. The summed E-state index contributed by atoms with van der Waals surface area (Å²) in [5, 5.41) is 0. The molecule has 156 valence electrons. The van der Waals surface area contributed by atoms with Gasteiger partial charge in [-0.3, -0.25) is 19.3 Å². The largest absolute Gasteiger partial charge is 0.485 e. The number of Topliss-reactive ketones (excluding diaryl/α,β-unsaturated/α-hetero) is 1. The second-order valence-electron chi connectivity index (χ2n) is 8.88. The normalized spacial score (nSPS) is 32.1. The van der Waals surface area contributed by atoms with E-state index in [0.29, 0.717) is 28.8 Å². The molecule has 2 aromatic carbocycles. The van der Waals surface area contributed by atoms with Gasteiger partial charge in [0.05, 0.1) is 17.5 Å². The van der Waals surface area contributed by atoms with Gasteiger partial charge in [0.15, 0.2) is 12.4 Å². The maximum absolute atomic E-state index is 13.2. The summed E-state index contributed by atoms with van der Waals surface area (Å²) in [6.07, 6.45) is 5.50. The summed E-state index contributed by atoms with van der Waals surface area (Å²) in [4.78, 5) is 40.0. The summed E-state index contributed by atoms with van der Waals surface area (Å²) < 4.78 is 6.53. The van der Waals surface area contributed by atoms with Crippen LogP contribution >= 0.6 is 15.9 Å². The molecule has 5 aliphatic rings. The third-order valence-electron chi connectivity index (χ3n) is 7.29. The zero-order chi connectivity index (χ0) is 21.3. The Kier molecular flexibility index (Phi) is 4.22. The van der Waals surface area contributed by atoms with Gasteiger partial charge in [-0.25, -0.2) is 0 Å². The Morgan fingerprint density at radius 2 is 1.48 bits per heavy atom. The van der Waals surface area contributed by atoms with Gasteiger partial charge in [-0.2, -0.15) is 0 Å². The van der Waals surface area contributed by atoms with Crippen molar-refractivity contribution in [2.24, 2.45) is 35.5 Å². The average molecular weight is 478 g/mol. The maximum Gasteiger partial charge on any atom is 0.238 e. The molecule has 0 aromatic heterocycles. The number of anilines is 1. The summed E-state index contributed by atoms with van der Waals surface area (Å²) in [7, 11) is 0. The van der Waals surface area contributed by atoms with Crippen LogP contribution in [0.15, 0.2) is 65.2 Å². The molecule has 1 saturated heterocycles. The summed E-state index contributed by atoms with van der Waals surface area (Å²) in [6, 6.07) is 14.0. The number of halogens is 1. The molecule has 5 nitrogen and oxygen atoms in total. The third-order valence-corrected chi connectivity index (χ3v) is 7.82. The number of nitrogens with zero attached hydrogens (tertiary/aromatic N) is 1. The molecule has 3 fully saturated rings. The fraction of sp³-hybridized carbons (Fsp3) is 0.320. The molecule has 0 N–H and O–H groups in total. The van der Waals surface area contributed by atoms with Gasteiger partial charge in [0.2, 0.25) is 11.8 Å². The molecule has 2 amide bonds. The monoisotopic (exact) mass is 477 g/mol.